The van der Waals surface area contributed by atoms with Gasteiger partial charge in [0.05, 0.1) is 29.8 Å². The molecule has 0 aromatic carbocycles. The summed E-state index contributed by atoms with van der Waals surface area (Å²) in [6.45, 7) is 4.96. The van der Waals surface area contributed by atoms with Gasteiger partial charge in [0.2, 0.25) is 5.91 Å². The van der Waals surface area contributed by atoms with Gasteiger partial charge in [0.1, 0.15) is 0 Å². The van der Waals surface area contributed by atoms with E-state index in [1.54, 1.807) is 13.0 Å². The number of carbonyl (C=O) groups excluding carboxylic acids is 1. The van der Waals surface area contributed by atoms with E-state index in [0.717, 1.165) is 6.07 Å². The van der Waals surface area contributed by atoms with E-state index in [9.17, 15) is 18.0 Å². The van der Waals surface area contributed by atoms with E-state index >= 15 is 0 Å². The Hall–Kier alpha value is -2.36. The third kappa shape index (κ3) is 4.39. The summed E-state index contributed by atoms with van der Waals surface area (Å²) in [5, 5.41) is 11.0. The lowest BCUT2D eigenvalue weighted by molar-refractivity contribution is -0.137. The SMILES string of the molecule is C=C(C#N)CC(=O)N[C@@H](C)c1ccc(C(F)(F)F)cn1. The number of carbonyl (C=O) groups is 1. The van der Waals surface area contributed by atoms with E-state index in [4.69, 9.17) is 5.26 Å². The van der Waals surface area contributed by atoms with Gasteiger partial charge in [-0.25, -0.2) is 0 Å². The van der Waals surface area contributed by atoms with Crippen molar-refractivity contribution in [2.45, 2.75) is 25.6 Å². The van der Waals surface area contributed by atoms with Crippen molar-refractivity contribution in [3.05, 3.63) is 41.7 Å². The number of nitrogens with one attached hydrogen (secondary N) is 1. The van der Waals surface area contributed by atoms with Crippen molar-refractivity contribution in [2.24, 2.45) is 0 Å². The van der Waals surface area contributed by atoms with Crippen LogP contribution in [-0.4, -0.2) is 10.9 Å². The smallest absolute Gasteiger partial charge is 0.348 e. The van der Waals surface area contributed by atoms with E-state index < -0.39 is 23.7 Å². The monoisotopic (exact) mass is 283 g/mol. The molecule has 0 bridgehead atoms. The predicted octanol–water partition coefficient (Wildman–Crippen LogP) is 2.75. The Labute approximate surface area is 113 Å². The number of rotatable bonds is 4. The molecule has 0 saturated heterocycles. The van der Waals surface area contributed by atoms with E-state index in [2.05, 4.69) is 16.9 Å². The first-order valence-electron chi connectivity index (χ1n) is 5.64. The molecule has 7 heteroatoms. The van der Waals surface area contributed by atoms with Gasteiger partial charge in [-0.15, -0.1) is 0 Å². The molecule has 1 amide bonds. The molecule has 0 aliphatic carbocycles. The van der Waals surface area contributed by atoms with Crippen LogP contribution in [0.25, 0.3) is 0 Å². The molecule has 0 aliphatic heterocycles. The van der Waals surface area contributed by atoms with Gasteiger partial charge in [-0.3, -0.25) is 9.78 Å². The van der Waals surface area contributed by atoms with Gasteiger partial charge >= 0.3 is 6.18 Å². The van der Waals surface area contributed by atoms with Crippen molar-refractivity contribution in [1.29, 1.82) is 5.26 Å². The Morgan fingerprint density at radius 2 is 2.20 bits per heavy atom. The summed E-state index contributed by atoms with van der Waals surface area (Å²) < 4.78 is 37.1. The molecule has 106 valence electrons. The van der Waals surface area contributed by atoms with E-state index in [1.807, 2.05) is 0 Å². The van der Waals surface area contributed by atoms with Crippen LogP contribution >= 0.6 is 0 Å². The average molecular weight is 283 g/mol. The van der Waals surface area contributed by atoms with Gasteiger partial charge < -0.3 is 5.32 Å². The van der Waals surface area contributed by atoms with Gasteiger partial charge in [0.15, 0.2) is 0 Å². The molecule has 20 heavy (non-hydrogen) atoms. The first-order chi connectivity index (χ1) is 9.24. The lowest BCUT2D eigenvalue weighted by atomic mass is 10.1. The van der Waals surface area contributed by atoms with Gasteiger partial charge in [-0.2, -0.15) is 18.4 Å². The maximum atomic E-state index is 12.4. The number of alkyl halides is 3. The number of nitriles is 1. The normalized spacial score (nSPS) is 12.3. The Morgan fingerprint density at radius 3 is 2.65 bits per heavy atom. The highest BCUT2D eigenvalue weighted by molar-refractivity contribution is 5.79. The molecule has 1 aromatic rings. The zero-order valence-electron chi connectivity index (χ0n) is 10.7. The third-order valence-electron chi connectivity index (χ3n) is 2.47. The summed E-state index contributed by atoms with van der Waals surface area (Å²) in [5.74, 6) is -0.439. The number of hydrogen-bond donors (Lipinski definition) is 1. The van der Waals surface area contributed by atoms with Crippen LogP contribution in [0, 0.1) is 11.3 Å². The fourth-order valence-electron chi connectivity index (χ4n) is 1.43. The van der Waals surface area contributed by atoms with Crippen molar-refractivity contribution in [2.75, 3.05) is 0 Å². The van der Waals surface area contributed by atoms with Gasteiger partial charge in [-0.1, -0.05) is 6.58 Å². The summed E-state index contributed by atoms with van der Waals surface area (Å²) in [6, 6.07) is 3.28. The molecule has 1 rings (SSSR count). The van der Waals surface area contributed by atoms with Gasteiger partial charge in [-0.05, 0) is 19.1 Å². The Balaban J connectivity index is 2.69. The van der Waals surface area contributed by atoms with Crippen LogP contribution in [0.4, 0.5) is 13.2 Å². The number of pyridine rings is 1. The van der Waals surface area contributed by atoms with E-state index in [1.165, 1.54) is 6.07 Å². The molecular weight excluding hydrogens is 271 g/mol. The number of halogens is 3. The summed E-state index contributed by atoms with van der Waals surface area (Å²) in [6.07, 6.45) is -3.88. The summed E-state index contributed by atoms with van der Waals surface area (Å²) >= 11 is 0. The summed E-state index contributed by atoms with van der Waals surface area (Å²) in [5.41, 5.74) is -0.443. The zero-order chi connectivity index (χ0) is 15.3. The standard InChI is InChI=1S/C13H12F3N3O/c1-8(6-17)5-12(20)19-9(2)11-4-3-10(7-18-11)13(14,15)16/h3-4,7,9H,1,5H2,2H3,(H,19,20)/t9-/m0/s1. The lowest BCUT2D eigenvalue weighted by Crippen LogP contribution is -2.27. The molecule has 0 saturated carbocycles. The Morgan fingerprint density at radius 1 is 1.55 bits per heavy atom. The predicted molar refractivity (Wildman–Crippen MR) is 65.2 cm³/mol. The molecule has 1 atom stereocenters. The molecule has 1 aromatic heterocycles. The summed E-state index contributed by atoms with van der Waals surface area (Å²) in [4.78, 5) is 15.2. The van der Waals surface area contributed by atoms with E-state index in [-0.39, 0.29) is 12.0 Å². The van der Waals surface area contributed by atoms with Crippen molar-refractivity contribution in [1.82, 2.24) is 10.3 Å². The number of nitrogens with zero attached hydrogens (tertiary/aromatic N) is 2. The lowest BCUT2D eigenvalue weighted by Gasteiger charge is -2.14. The second kappa shape index (κ2) is 6.19. The van der Waals surface area contributed by atoms with Crippen LogP contribution in [0.2, 0.25) is 0 Å². The maximum absolute atomic E-state index is 12.4. The van der Waals surface area contributed by atoms with Gasteiger partial charge in [0, 0.05) is 11.8 Å². The quantitative estimate of drug-likeness (QED) is 0.864. The van der Waals surface area contributed by atoms with Crippen LogP contribution in [0.5, 0.6) is 0 Å². The fourth-order valence-corrected chi connectivity index (χ4v) is 1.43. The Kier molecular flexibility index (Phi) is 4.86. The minimum Gasteiger partial charge on any atom is -0.348 e. The van der Waals surface area contributed by atoms with Crippen molar-refractivity contribution in [3.8, 4) is 6.07 Å². The molecule has 0 spiro atoms. The average Bonchev–Trinajstić information content (AvgIpc) is 2.37. The maximum Gasteiger partial charge on any atom is 0.417 e. The first-order valence-corrected chi connectivity index (χ1v) is 5.64. The van der Waals surface area contributed by atoms with Crippen molar-refractivity contribution < 1.29 is 18.0 Å². The topological polar surface area (TPSA) is 65.8 Å². The molecule has 0 fully saturated rings. The fraction of sp³-hybridized carbons (Fsp3) is 0.308. The van der Waals surface area contributed by atoms with Crippen LogP contribution in [0.3, 0.4) is 0 Å². The highest BCUT2D eigenvalue weighted by atomic mass is 19.4. The first kappa shape index (κ1) is 15.7. The van der Waals surface area contributed by atoms with Crippen LogP contribution < -0.4 is 5.32 Å². The molecule has 4 nitrogen and oxygen atoms in total. The van der Waals surface area contributed by atoms with Crippen LogP contribution in [-0.2, 0) is 11.0 Å². The minimum atomic E-state index is -4.44. The number of aromatic nitrogens is 1. The number of hydrogen-bond acceptors (Lipinski definition) is 3. The highest BCUT2D eigenvalue weighted by Gasteiger charge is 2.30. The van der Waals surface area contributed by atoms with Crippen molar-refractivity contribution >= 4 is 5.91 Å². The molecule has 0 radical (unpaired) electrons. The molecule has 0 unspecified atom stereocenters. The number of amides is 1. The summed E-state index contributed by atoms with van der Waals surface area (Å²) in [7, 11) is 0. The molecule has 0 aliphatic rings. The highest BCUT2D eigenvalue weighted by Crippen LogP contribution is 2.28. The second-order valence-corrected chi connectivity index (χ2v) is 4.15. The third-order valence-corrected chi connectivity index (χ3v) is 2.47. The zero-order valence-corrected chi connectivity index (χ0v) is 10.7. The minimum absolute atomic E-state index is 0.107. The Bertz CT molecular complexity index is 543. The molecular formula is C13H12F3N3O. The molecule has 1 heterocycles. The van der Waals surface area contributed by atoms with Gasteiger partial charge in [0.25, 0.3) is 0 Å². The second-order valence-electron chi connectivity index (χ2n) is 4.15. The molecule has 1 N–H and O–H groups in total. The largest absolute Gasteiger partial charge is 0.417 e. The van der Waals surface area contributed by atoms with Crippen LogP contribution in [0.15, 0.2) is 30.5 Å². The van der Waals surface area contributed by atoms with Crippen LogP contribution in [0.1, 0.15) is 30.6 Å². The van der Waals surface area contributed by atoms with Crippen molar-refractivity contribution in [3.63, 3.8) is 0 Å². The van der Waals surface area contributed by atoms with E-state index in [0.29, 0.717) is 11.9 Å².